The van der Waals surface area contributed by atoms with Gasteiger partial charge in [-0.3, -0.25) is 13.8 Å². The Morgan fingerprint density at radius 1 is 0.638 bits per heavy atom. The second-order valence-electron chi connectivity index (χ2n) is 13.2. The Hall–Kier alpha value is -1.03. The summed E-state index contributed by atoms with van der Waals surface area (Å²) in [7, 11) is 0. The van der Waals surface area contributed by atoms with Gasteiger partial charge in [0.1, 0.15) is 6.10 Å². The molecule has 284 valence electrons. The molecule has 2 N–H and O–H groups in total. The van der Waals surface area contributed by atoms with Crippen molar-refractivity contribution in [2.45, 2.75) is 194 Å². The van der Waals surface area contributed by atoms with E-state index in [0.717, 1.165) is 90.2 Å². The minimum absolute atomic E-state index is 0. The van der Waals surface area contributed by atoms with Gasteiger partial charge < -0.3 is 24.7 Å². The number of ether oxygens (including phenoxy) is 2. The van der Waals surface area contributed by atoms with Gasteiger partial charge in [0, 0.05) is 14.3 Å². The third-order valence-corrected chi connectivity index (χ3v) is 8.46. The van der Waals surface area contributed by atoms with E-state index in [1.165, 1.54) is 96.3 Å². The Balaban J connectivity index is -0.00000381. The molecule has 0 aliphatic heterocycles. The van der Waals surface area contributed by atoms with Gasteiger partial charge in [0.15, 0.2) is 0 Å². The highest BCUT2D eigenvalue weighted by Crippen LogP contribution is 2.17. The van der Waals surface area contributed by atoms with Gasteiger partial charge in [-0.15, -0.1) is 0 Å². The molecule has 0 aromatic rings. The van der Waals surface area contributed by atoms with E-state index in [0.29, 0.717) is 19.4 Å². The molecule has 0 radical (unpaired) electrons. The van der Waals surface area contributed by atoms with Crippen molar-refractivity contribution in [3.05, 3.63) is 0 Å². The number of hydrogen-bond donors (Lipinski definition) is 1. The maximum atomic E-state index is 12.5. The number of esters is 2. The van der Waals surface area contributed by atoms with E-state index in [9.17, 15) is 9.59 Å². The van der Waals surface area contributed by atoms with E-state index in [-0.39, 0.29) is 19.5 Å². The van der Waals surface area contributed by atoms with E-state index in [2.05, 4.69) is 25.7 Å². The van der Waals surface area contributed by atoms with Crippen LogP contribution in [0.5, 0.6) is 0 Å². The fraction of sp³-hybridized carbons (Fsp3) is 0.947. The fourth-order valence-electron chi connectivity index (χ4n) is 5.64. The van der Waals surface area contributed by atoms with Crippen molar-refractivity contribution in [3.63, 3.8) is 0 Å². The molecule has 0 saturated heterocycles. The van der Waals surface area contributed by atoms with Crippen LogP contribution in [-0.4, -0.2) is 70.7 Å². The first kappa shape index (κ1) is 48.1. The number of nitrogens with two attached hydrogens (primary N) is 1. The minimum atomic E-state index is -1.86. The lowest BCUT2D eigenvalue weighted by Gasteiger charge is -2.22. The zero-order chi connectivity index (χ0) is 35.2. The Bertz CT molecular complexity index is 700. The standard InChI is InChI=1S/C37H74N2O4.CH4O2S.H2/c1-4-7-10-19-27-35(26-18-9-6-3)43-37(41)29-21-15-13-17-23-32-39(33-25-30-38)31-22-16-12-14-20-28-36(40)42-34-24-11-8-5-2;1-4(2)3;/h35H,4-34,38H2,1-3H3;1H3,(H,2,3);1H/p-1. The third-order valence-electron chi connectivity index (χ3n) is 8.46. The van der Waals surface area contributed by atoms with Crippen LogP contribution in [0.2, 0.25) is 0 Å². The van der Waals surface area contributed by atoms with Gasteiger partial charge in [-0.25, -0.2) is 0 Å². The molecule has 0 aliphatic rings. The van der Waals surface area contributed by atoms with Crippen LogP contribution in [0.4, 0.5) is 0 Å². The summed E-state index contributed by atoms with van der Waals surface area (Å²) in [6, 6.07) is 0. The summed E-state index contributed by atoms with van der Waals surface area (Å²) in [5.41, 5.74) is 5.79. The molecule has 0 amide bonds. The average molecular weight is 692 g/mol. The van der Waals surface area contributed by atoms with Gasteiger partial charge in [-0.2, -0.15) is 0 Å². The highest BCUT2D eigenvalue weighted by atomic mass is 32.2. The van der Waals surface area contributed by atoms with Crippen molar-refractivity contribution in [2.24, 2.45) is 5.73 Å². The zero-order valence-corrected chi connectivity index (χ0v) is 32.2. The van der Waals surface area contributed by atoms with Crippen LogP contribution in [0.25, 0.3) is 0 Å². The van der Waals surface area contributed by atoms with Crippen molar-refractivity contribution >= 4 is 23.0 Å². The van der Waals surface area contributed by atoms with Gasteiger partial charge >= 0.3 is 11.9 Å². The lowest BCUT2D eigenvalue weighted by Crippen LogP contribution is -2.28. The molecule has 9 heteroatoms. The third kappa shape index (κ3) is 41.1. The molecule has 2 atom stereocenters. The smallest absolute Gasteiger partial charge is 0.306 e. The van der Waals surface area contributed by atoms with Crippen molar-refractivity contribution < 1.29 is 29.3 Å². The molecular weight excluding hydrogens is 612 g/mol. The highest BCUT2D eigenvalue weighted by Gasteiger charge is 2.14. The first-order valence-corrected chi connectivity index (χ1v) is 21.1. The molecule has 0 rings (SSSR count). The van der Waals surface area contributed by atoms with Crippen LogP contribution < -0.4 is 5.73 Å². The van der Waals surface area contributed by atoms with Crippen LogP contribution in [0.15, 0.2) is 0 Å². The van der Waals surface area contributed by atoms with E-state index in [4.69, 9.17) is 24.0 Å². The molecule has 8 nitrogen and oxygen atoms in total. The van der Waals surface area contributed by atoms with Crippen LogP contribution in [0.1, 0.15) is 189 Å². The van der Waals surface area contributed by atoms with E-state index in [1.54, 1.807) is 0 Å². The summed E-state index contributed by atoms with van der Waals surface area (Å²) >= 11 is -1.86. The van der Waals surface area contributed by atoms with Crippen molar-refractivity contribution in [3.8, 4) is 0 Å². The predicted molar refractivity (Wildman–Crippen MR) is 200 cm³/mol. The summed E-state index contributed by atoms with van der Waals surface area (Å²) in [5.74, 6) is -0.00770. The van der Waals surface area contributed by atoms with Gasteiger partial charge in [-0.05, 0) is 96.6 Å². The van der Waals surface area contributed by atoms with Crippen molar-refractivity contribution in [1.29, 1.82) is 0 Å². The average Bonchev–Trinajstić information content (AvgIpc) is 3.03. The number of hydrogen-bond acceptors (Lipinski definition) is 8. The fourth-order valence-corrected chi connectivity index (χ4v) is 5.64. The maximum absolute atomic E-state index is 12.5. The molecule has 2 unspecified atom stereocenters. The van der Waals surface area contributed by atoms with Crippen LogP contribution in [-0.2, 0) is 30.1 Å². The largest absolute Gasteiger partial charge is 0.773 e. The van der Waals surface area contributed by atoms with E-state index >= 15 is 0 Å². The zero-order valence-electron chi connectivity index (χ0n) is 31.4. The van der Waals surface area contributed by atoms with E-state index < -0.39 is 11.1 Å². The summed E-state index contributed by atoms with van der Waals surface area (Å²) in [6.07, 6.45) is 30.0. The second-order valence-corrected chi connectivity index (χ2v) is 14.0. The number of nitrogens with zero attached hydrogens (tertiary/aromatic N) is 1. The number of rotatable bonds is 34. The van der Waals surface area contributed by atoms with Crippen molar-refractivity contribution in [2.75, 3.05) is 39.0 Å². The molecule has 0 saturated carbocycles. The maximum Gasteiger partial charge on any atom is 0.306 e. The number of carbonyl (C=O) groups is 2. The second kappa shape index (κ2) is 39.4. The van der Waals surface area contributed by atoms with Crippen LogP contribution >= 0.6 is 0 Å². The van der Waals surface area contributed by atoms with Crippen molar-refractivity contribution in [1.82, 2.24) is 4.90 Å². The Morgan fingerprint density at radius 2 is 1.04 bits per heavy atom. The van der Waals surface area contributed by atoms with Crippen LogP contribution in [0.3, 0.4) is 0 Å². The number of carbonyl (C=O) groups excluding carboxylic acids is 2. The lowest BCUT2D eigenvalue weighted by molar-refractivity contribution is -0.150. The molecular formula is C38H79N2O6S-. The van der Waals surface area contributed by atoms with Crippen LogP contribution in [0, 0.1) is 0 Å². The Kier molecular flexibility index (Phi) is 40.3. The normalized spacial score (nSPS) is 12.4. The first-order chi connectivity index (χ1) is 22.8. The molecule has 0 bridgehead atoms. The summed E-state index contributed by atoms with van der Waals surface area (Å²) in [4.78, 5) is 26.9. The number of unbranched alkanes of at least 4 members (excludes halogenated alkanes) is 16. The Labute approximate surface area is 295 Å². The topological polar surface area (TPSA) is 122 Å². The Morgan fingerprint density at radius 3 is 1.57 bits per heavy atom. The quantitative estimate of drug-likeness (QED) is 0.0402. The minimum Gasteiger partial charge on any atom is -0.773 e. The summed E-state index contributed by atoms with van der Waals surface area (Å²) < 4.78 is 29.2. The molecule has 0 heterocycles. The van der Waals surface area contributed by atoms with E-state index in [1.807, 2.05) is 0 Å². The van der Waals surface area contributed by atoms with Gasteiger partial charge in [0.25, 0.3) is 0 Å². The summed E-state index contributed by atoms with van der Waals surface area (Å²) in [5, 5.41) is 0. The van der Waals surface area contributed by atoms with Gasteiger partial charge in [0.2, 0.25) is 0 Å². The lowest BCUT2D eigenvalue weighted by atomic mass is 10.0. The predicted octanol–water partition coefficient (Wildman–Crippen LogP) is 9.65. The highest BCUT2D eigenvalue weighted by molar-refractivity contribution is 7.78. The molecule has 0 aliphatic carbocycles. The van der Waals surface area contributed by atoms with Gasteiger partial charge in [0.05, 0.1) is 6.61 Å². The first-order valence-electron chi connectivity index (χ1n) is 19.6. The SMILES string of the molecule is CCCCCCOC(=O)CCCCCCCN(CCCN)CCCCCCCC(=O)OC(CCCCC)CCCCCC.CS(=O)[O-].[HH]. The molecule has 0 aromatic carbocycles. The molecule has 0 fully saturated rings. The van der Waals surface area contributed by atoms with Gasteiger partial charge in [-0.1, -0.05) is 122 Å². The molecule has 0 aromatic heterocycles. The summed E-state index contributed by atoms with van der Waals surface area (Å²) in [6.45, 7) is 11.4. The molecule has 0 spiro atoms. The molecule has 47 heavy (non-hydrogen) atoms. The monoisotopic (exact) mass is 692 g/mol.